The molecule has 0 spiro atoms. The molecular weight excluding hydrogens is 330 g/mol. The van der Waals surface area contributed by atoms with Crippen LogP contribution in [0.3, 0.4) is 0 Å². The molecule has 1 heterocycles. The lowest BCUT2D eigenvalue weighted by Crippen LogP contribution is -2.33. The predicted molar refractivity (Wildman–Crippen MR) is 102 cm³/mol. The Labute approximate surface area is 157 Å². The van der Waals surface area contributed by atoms with Crippen molar-refractivity contribution in [2.24, 2.45) is 5.92 Å². The van der Waals surface area contributed by atoms with E-state index in [2.05, 4.69) is 11.8 Å². The van der Waals surface area contributed by atoms with E-state index in [-0.39, 0.29) is 24.3 Å². The van der Waals surface area contributed by atoms with Gasteiger partial charge in [-0.15, -0.1) is 11.8 Å². The zero-order valence-electron chi connectivity index (χ0n) is 16.1. The third-order valence-corrected chi connectivity index (χ3v) is 4.75. The molecule has 1 aliphatic heterocycles. The minimum atomic E-state index is -0.751. The molecule has 5 heteroatoms. The summed E-state index contributed by atoms with van der Waals surface area (Å²) in [7, 11) is 0. The predicted octanol–water partition coefficient (Wildman–Crippen LogP) is 3.37. The van der Waals surface area contributed by atoms with Crippen molar-refractivity contribution >= 4 is 11.9 Å². The minimum Gasteiger partial charge on any atom is -0.481 e. The lowest BCUT2D eigenvalue weighted by Gasteiger charge is -2.23. The molecule has 1 amide bonds. The van der Waals surface area contributed by atoms with Gasteiger partial charge in [0, 0.05) is 32.2 Å². The van der Waals surface area contributed by atoms with Crippen molar-refractivity contribution in [3.05, 3.63) is 12.2 Å². The van der Waals surface area contributed by atoms with Gasteiger partial charge in [-0.3, -0.25) is 9.59 Å². The van der Waals surface area contributed by atoms with E-state index in [0.29, 0.717) is 25.8 Å². The fourth-order valence-electron chi connectivity index (χ4n) is 3.07. The van der Waals surface area contributed by atoms with E-state index in [9.17, 15) is 14.7 Å². The van der Waals surface area contributed by atoms with Crippen LogP contribution in [0, 0.1) is 17.8 Å². The fraction of sp³-hybridized carbons (Fsp3) is 0.714. The fourth-order valence-corrected chi connectivity index (χ4v) is 3.07. The Morgan fingerprint density at radius 3 is 2.73 bits per heavy atom. The third-order valence-electron chi connectivity index (χ3n) is 4.75. The standard InChI is InChI=1S/C21H33NO4/c1-3-4-7-10-17(2)19(23)14-12-18-13-15-20(24)22(18)16-9-6-5-8-11-21(25)26/h12,14,17-19,23H,3,5-6,8-11,13,15-16H2,1-2H3,(H,25,26)/t17-,18?,19-/m0/s1. The van der Waals surface area contributed by atoms with Gasteiger partial charge in [-0.2, -0.15) is 0 Å². The maximum absolute atomic E-state index is 12.1. The van der Waals surface area contributed by atoms with Gasteiger partial charge in [0.05, 0.1) is 12.1 Å². The van der Waals surface area contributed by atoms with Gasteiger partial charge in [-0.1, -0.05) is 38.8 Å². The molecule has 1 fully saturated rings. The molecule has 0 radical (unpaired) electrons. The quantitative estimate of drug-likeness (QED) is 0.335. The lowest BCUT2D eigenvalue weighted by atomic mass is 10.00. The van der Waals surface area contributed by atoms with E-state index in [1.807, 2.05) is 24.8 Å². The summed E-state index contributed by atoms with van der Waals surface area (Å²) >= 11 is 0. The van der Waals surface area contributed by atoms with Crippen LogP contribution in [0.4, 0.5) is 0 Å². The number of rotatable bonds is 11. The van der Waals surface area contributed by atoms with Crippen molar-refractivity contribution in [1.82, 2.24) is 4.90 Å². The van der Waals surface area contributed by atoms with E-state index < -0.39 is 12.1 Å². The molecular formula is C21H33NO4. The highest BCUT2D eigenvalue weighted by Crippen LogP contribution is 2.21. The number of carbonyl (C=O) groups is 2. The first-order chi connectivity index (χ1) is 12.5. The highest BCUT2D eigenvalue weighted by atomic mass is 16.4. The number of aliphatic carboxylic acids is 1. The Balaban J connectivity index is 2.39. The molecule has 146 valence electrons. The second-order valence-electron chi connectivity index (χ2n) is 7.02. The summed E-state index contributed by atoms with van der Waals surface area (Å²) in [6, 6.07) is 0.0603. The number of carboxylic acids is 1. The maximum atomic E-state index is 12.1. The molecule has 26 heavy (non-hydrogen) atoms. The number of hydrogen-bond acceptors (Lipinski definition) is 3. The summed E-state index contributed by atoms with van der Waals surface area (Å²) in [5.41, 5.74) is 0. The zero-order chi connectivity index (χ0) is 19.4. The number of amides is 1. The Kier molecular flexibility index (Phi) is 10.7. The zero-order valence-corrected chi connectivity index (χ0v) is 16.1. The van der Waals surface area contributed by atoms with Crippen LogP contribution >= 0.6 is 0 Å². The number of unbranched alkanes of at least 4 members (excludes halogenated alkanes) is 3. The van der Waals surface area contributed by atoms with Gasteiger partial charge in [0.2, 0.25) is 5.91 Å². The van der Waals surface area contributed by atoms with Crippen LogP contribution in [0.1, 0.15) is 71.6 Å². The van der Waals surface area contributed by atoms with E-state index >= 15 is 0 Å². The summed E-state index contributed by atoms with van der Waals surface area (Å²) in [5, 5.41) is 18.9. The molecule has 1 rings (SSSR count). The van der Waals surface area contributed by atoms with Gasteiger partial charge >= 0.3 is 5.97 Å². The number of carbonyl (C=O) groups excluding carboxylic acids is 1. The van der Waals surface area contributed by atoms with Crippen LogP contribution in [0.15, 0.2) is 12.2 Å². The number of nitrogens with zero attached hydrogens (tertiary/aromatic N) is 1. The monoisotopic (exact) mass is 363 g/mol. The van der Waals surface area contributed by atoms with Gasteiger partial charge in [0.15, 0.2) is 0 Å². The second kappa shape index (κ2) is 12.5. The number of aliphatic hydroxyl groups is 1. The van der Waals surface area contributed by atoms with Gasteiger partial charge < -0.3 is 15.1 Å². The molecule has 2 N–H and O–H groups in total. The molecule has 0 aromatic rings. The largest absolute Gasteiger partial charge is 0.481 e. The molecule has 0 aliphatic carbocycles. The molecule has 0 aromatic heterocycles. The molecule has 0 bridgehead atoms. The van der Waals surface area contributed by atoms with Crippen molar-refractivity contribution in [3.63, 3.8) is 0 Å². The van der Waals surface area contributed by atoms with Gasteiger partial charge in [-0.05, 0) is 25.2 Å². The lowest BCUT2D eigenvalue weighted by molar-refractivity contribution is -0.137. The summed E-state index contributed by atoms with van der Waals surface area (Å²) in [4.78, 5) is 24.5. The number of hydrogen-bond donors (Lipinski definition) is 2. The smallest absolute Gasteiger partial charge is 0.303 e. The van der Waals surface area contributed by atoms with Crippen LogP contribution in [0.25, 0.3) is 0 Å². The summed E-state index contributed by atoms with van der Waals surface area (Å²) in [6.45, 7) is 4.69. The topological polar surface area (TPSA) is 77.8 Å². The SMILES string of the molecule is CCC#CC[C@H](C)[C@@H](O)C=CC1CCC(=O)N1CCCCCCC(=O)O. The molecule has 3 atom stereocenters. The Morgan fingerprint density at radius 1 is 1.31 bits per heavy atom. The van der Waals surface area contributed by atoms with Crippen molar-refractivity contribution < 1.29 is 19.8 Å². The normalized spacial score (nSPS) is 19.4. The molecule has 5 nitrogen and oxygen atoms in total. The van der Waals surface area contributed by atoms with Gasteiger partial charge in [0.25, 0.3) is 0 Å². The summed E-state index contributed by atoms with van der Waals surface area (Å²) in [5.74, 6) is 5.57. The first-order valence-electron chi connectivity index (χ1n) is 9.79. The first-order valence-corrected chi connectivity index (χ1v) is 9.79. The van der Waals surface area contributed by atoms with Crippen molar-refractivity contribution in [2.45, 2.75) is 83.8 Å². The number of likely N-dealkylation sites (tertiary alicyclic amines) is 1. The van der Waals surface area contributed by atoms with Gasteiger partial charge in [-0.25, -0.2) is 0 Å². The van der Waals surface area contributed by atoms with Crippen LogP contribution in [0.5, 0.6) is 0 Å². The van der Waals surface area contributed by atoms with Crippen LogP contribution in [0.2, 0.25) is 0 Å². The molecule has 1 saturated heterocycles. The minimum absolute atomic E-state index is 0.0603. The Bertz CT molecular complexity index is 532. The Morgan fingerprint density at radius 2 is 2.04 bits per heavy atom. The van der Waals surface area contributed by atoms with Gasteiger partial charge in [0.1, 0.15) is 0 Å². The first kappa shape index (κ1) is 22.2. The second-order valence-corrected chi connectivity index (χ2v) is 7.02. The van der Waals surface area contributed by atoms with E-state index in [4.69, 9.17) is 5.11 Å². The molecule has 0 aromatic carbocycles. The summed E-state index contributed by atoms with van der Waals surface area (Å²) in [6.07, 6.45) is 9.68. The third kappa shape index (κ3) is 8.53. The van der Waals surface area contributed by atoms with Crippen LogP contribution in [-0.2, 0) is 9.59 Å². The average Bonchev–Trinajstić information content (AvgIpc) is 2.95. The van der Waals surface area contributed by atoms with E-state index in [0.717, 1.165) is 32.1 Å². The van der Waals surface area contributed by atoms with E-state index in [1.165, 1.54) is 0 Å². The van der Waals surface area contributed by atoms with Crippen molar-refractivity contribution in [3.8, 4) is 11.8 Å². The van der Waals surface area contributed by atoms with Crippen molar-refractivity contribution in [2.75, 3.05) is 6.54 Å². The Hall–Kier alpha value is -1.80. The molecule has 0 saturated carbocycles. The van der Waals surface area contributed by atoms with Crippen LogP contribution < -0.4 is 0 Å². The van der Waals surface area contributed by atoms with Crippen LogP contribution in [-0.4, -0.2) is 45.7 Å². The molecule has 1 aliphatic rings. The highest BCUT2D eigenvalue weighted by Gasteiger charge is 2.28. The number of aliphatic hydroxyl groups excluding tert-OH is 1. The maximum Gasteiger partial charge on any atom is 0.303 e. The molecule has 1 unspecified atom stereocenters. The van der Waals surface area contributed by atoms with E-state index in [1.54, 1.807) is 6.08 Å². The summed E-state index contributed by atoms with van der Waals surface area (Å²) < 4.78 is 0. The van der Waals surface area contributed by atoms with Crippen molar-refractivity contribution in [1.29, 1.82) is 0 Å². The highest BCUT2D eigenvalue weighted by molar-refractivity contribution is 5.79. The number of carboxylic acid groups (broad SMARTS) is 1. The average molecular weight is 363 g/mol.